The zero-order chi connectivity index (χ0) is 17.5. The molecule has 1 aromatic heterocycles. The molecule has 2 rings (SSSR count). The Labute approximate surface area is 143 Å². The van der Waals surface area contributed by atoms with Crippen molar-refractivity contribution in [3.05, 3.63) is 40.7 Å². The van der Waals surface area contributed by atoms with Crippen LogP contribution in [0, 0.1) is 18.3 Å². The lowest BCUT2D eigenvalue weighted by molar-refractivity contribution is -0.124. The van der Waals surface area contributed by atoms with Crippen LogP contribution in [-0.4, -0.2) is 40.0 Å². The number of carbonyl (C=O) groups excluding carboxylic acids is 2. The van der Waals surface area contributed by atoms with E-state index in [1.54, 1.807) is 31.2 Å². The monoisotopic (exact) mass is 347 g/mol. The fourth-order valence-electron chi connectivity index (χ4n) is 1.79. The van der Waals surface area contributed by atoms with Gasteiger partial charge in [-0.15, -0.1) is 5.10 Å². The third-order valence-corrected chi connectivity index (χ3v) is 3.14. The smallest absolute Gasteiger partial charge is 0.361 e. The molecule has 1 amide bonds. The summed E-state index contributed by atoms with van der Waals surface area (Å²) in [6, 6.07) is 8.73. The van der Waals surface area contributed by atoms with Crippen molar-refractivity contribution >= 4 is 23.5 Å². The number of hydrogen-bond acceptors (Lipinski definition) is 6. The highest BCUT2D eigenvalue weighted by molar-refractivity contribution is 6.30. The van der Waals surface area contributed by atoms with Crippen LogP contribution in [0.25, 0.3) is 5.69 Å². The molecule has 9 heteroatoms. The molecule has 0 aliphatic heterocycles. The van der Waals surface area contributed by atoms with Crippen LogP contribution in [-0.2, 0) is 9.53 Å². The molecule has 24 heavy (non-hydrogen) atoms. The molecule has 1 N–H and O–H groups in total. The minimum absolute atomic E-state index is 0.0137. The van der Waals surface area contributed by atoms with Gasteiger partial charge in [0.05, 0.1) is 23.9 Å². The predicted octanol–water partition coefficient (Wildman–Crippen LogP) is 1.42. The fraction of sp³-hybridized carbons (Fsp3) is 0.267. The van der Waals surface area contributed by atoms with Crippen LogP contribution in [0.4, 0.5) is 0 Å². The molecule has 0 spiro atoms. The van der Waals surface area contributed by atoms with E-state index in [4.69, 9.17) is 21.6 Å². The lowest BCUT2D eigenvalue weighted by Gasteiger charge is -2.03. The van der Waals surface area contributed by atoms with Crippen molar-refractivity contribution < 1.29 is 14.3 Å². The molecule has 0 atom stereocenters. The van der Waals surface area contributed by atoms with E-state index < -0.39 is 18.5 Å². The van der Waals surface area contributed by atoms with E-state index in [2.05, 4.69) is 15.5 Å². The second kappa shape index (κ2) is 8.08. The van der Waals surface area contributed by atoms with E-state index in [9.17, 15) is 9.59 Å². The molecular weight excluding hydrogens is 334 g/mol. The number of aromatic nitrogens is 3. The van der Waals surface area contributed by atoms with Gasteiger partial charge >= 0.3 is 5.97 Å². The Hall–Kier alpha value is -2.92. The van der Waals surface area contributed by atoms with Gasteiger partial charge in [0.2, 0.25) is 0 Å². The summed E-state index contributed by atoms with van der Waals surface area (Å²) in [5.74, 6) is -1.24. The fourth-order valence-corrected chi connectivity index (χ4v) is 1.98. The summed E-state index contributed by atoms with van der Waals surface area (Å²) in [5, 5.41) is 19.6. The predicted molar refractivity (Wildman–Crippen MR) is 84.6 cm³/mol. The minimum Gasteiger partial charge on any atom is -0.451 e. The summed E-state index contributed by atoms with van der Waals surface area (Å²) in [6.45, 7) is 1.36. The van der Waals surface area contributed by atoms with Crippen molar-refractivity contribution in [3.63, 3.8) is 0 Å². The molecule has 1 aromatic carbocycles. The first-order valence-corrected chi connectivity index (χ1v) is 7.39. The number of ether oxygens (including phenoxy) is 1. The molecule has 8 nitrogen and oxygen atoms in total. The molecular formula is C15H14ClN5O3. The van der Waals surface area contributed by atoms with Crippen LogP contribution in [0.5, 0.6) is 0 Å². The van der Waals surface area contributed by atoms with Crippen LogP contribution >= 0.6 is 11.6 Å². The molecule has 0 bridgehead atoms. The lowest BCUT2D eigenvalue weighted by atomic mass is 10.3. The Bertz CT molecular complexity index is 797. The van der Waals surface area contributed by atoms with Gasteiger partial charge in [-0.25, -0.2) is 4.79 Å². The number of nitrogens with one attached hydrogen (secondary N) is 1. The number of aryl methyl sites for hydroxylation is 1. The molecule has 0 saturated carbocycles. The zero-order valence-electron chi connectivity index (χ0n) is 12.8. The first-order chi connectivity index (χ1) is 11.5. The van der Waals surface area contributed by atoms with Crippen LogP contribution in [0.3, 0.4) is 0 Å². The normalized spacial score (nSPS) is 10.0. The first kappa shape index (κ1) is 17.4. The van der Waals surface area contributed by atoms with E-state index >= 15 is 0 Å². The van der Waals surface area contributed by atoms with Gasteiger partial charge in [-0.1, -0.05) is 17.7 Å². The average Bonchev–Trinajstić information content (AvgIpc) is 2.95. The van der Waals surface area contributed by atoms with Crippen LogP contribution in [0.15, 0.2) is 24.3 Å². The minimum atomic E-state index is -0.754. The number of carbonyl (C=O) groups is 2. The van der Waals surface area contributed by atoms with Gasteiger partial charge in [0.25, 0.3) is 5.91 Å². The Morgan fingerprint density at radius 3 is 2.92 bits per heavy atom. The number of halogens is 1. The molecule has 1 heterocycles. The second-order valence-corrected chi connectivity index (χ2v) is 5.17. The summed E-state index contributed by atoms with van der Waals surface area (Å²) < 4.78 is 4.90. The Morgan fingerprint density at radius 2 is 2.21 bits per heavy atom. The lowest BCUT2D eigenvalue weighted by Crippen LogP contribution is -2.29. The van der Waals surface area contributed by atoms with E-state index in [0.29, 0.717) is 16.4 Å². The third-order valence-electron chi connectivity index (χ3n) is 2.91. The average molecular weight is 348 g/mol. The molecule has 0 aliphatic carbocycles. The van der Waals surface area contributed by atoms with E-state index in [1.165, 1.54) is 4.80 Å². The number of hydrogen-bond donors (Lipinski definition) is 1. The maximum atomic E-state index is 12.0. The molecule has 124 valence electrons. The summed E-state index contributed by atoms with van der Waals surface area (Å²) in [5.41, 5.74) is 0.976. The Balaban J connectivity index is 2.01. The van der Waals surface area contributed by atoms with Crippen molar-refractivity contribution in [1.29, 1.82) is 5.26 Å². The summed E-state index contributed by atoms with van der Waals surface area (Å²) >= 11 is 5.92. The van der Waals surface area contributed by atoms with Gasteiger partial charge in [-0.3, -0.25) is 4.79 Å². The SMILES string of the molecule is Cc1nn(-c2cccc(Cl)c2)nc1C(=O)OCC(=O)NCCC#N. The number of esters is 1. The second-order valence-electron chi connectivity index (χ2n) is 4.74. The number of nitrogens with zero attached hydrogens (tertiary/aromatic N) is 4. The highest BCUT2D eigenvalue weighted by Gasteiger charge is 2.19. The molecule has 0 unspecified atom stereocenters. The van der Waals surface area contributed by atoms with Gasteiger partial charge in [0.15, 0.2) is 12.3 Å². The largest absolute Gasteiger partial charge is 0.451 e. The topological polar surface area (TPSA) is 110 Å². The third kappa shape index (κ3) is 4.54. The van der Waals surface area contributed by atoms with Gasteiger partial charge in [0, 0.05) is 11.6 Å². The quantitative estimate of drug-likeness (QED) is 0.625. The molecule has 0 aliphatic rings. The highest BCUT2D eigenvalue weighted by atomic mass is 35.5. The maximum absolute atomic E-state index is 12.0. The van der Waals surface area contributed by atoms with Crippen LogP contribution < -0.4 is 5.32 Å². The zero-order valence-corrected chi connectivity index (χ0v) is 13.6. The number of benzene rings is 1. The Morgan fingerprint density at radius 1 is 1.42 bits per heavy atom. The van der Waals surface area contributed by atoms with Crippen LogP contribution in [0.2, 0.25) is 5.02 Å². The molecule has 2 aromatic rings. The number of rotatable bonds is 6. The van der Waals surface area contributed by atoms with E-state index in [-0.39, 0.29) is 18.7 Å². The van der Waals surface area contributed by atoms with Crippen molar-refractivity contribution in [2.75, 3.05) is 13.2 Å². The van der Waals surface area contributed by atoms with Gasteiger partial charge in [0.1, 0.15) is 0 Å². The standard InChI is InChI=1S/C15H14ClN5O3/c1-10-14(15(23)24-9-13(22)18-7-3-6-17)20-21(19-10)12-5-2-4-11(16)8-12/h2,4-5,8H,3,7,9H2,1H3,(H,18,22). The first-order valence-electron chi connectivity index (χ1n) is 7.02. The molecule has 0 radical (unpaired) electrons. The molecule has 0 saturated heterocycles. The number of amides is 1. The van der Waals surface area contributed by atoms with Crippen LogP contribution in [0.1, 0.15) is 22.6 Å². The molecule has 0 fully saturated rings. The van der Waals surface area contributed by atoms with Crippen molar-refractivity contribution in [2.45, 2.75) is 13.3 Å². The summed E-state index contributed by atoms with van der Waals surface area (Å²) in [7, 11) is 0. The van der Waals surface area contributed by atoms with Crippen molar-refractivity contribution in [2.24, 2.45) is 0 Å². The van der Waals surface area contributed by atoms with E-state index in [1.807, 2.05) is 6.07 Å². The van der Waals surface area contributed by atoms with Gasteiger partial charge in [-0.05, 0) is 25.1 Å². The highest BCUT2D eigenvalue weighted by Crippen LogP contribution is 2.14. The van der Waals surface area contributed by atoms with Gasteiger partial charge < -0.3 is 10.1 Å². The van der Waals surface area contributed by atoms with Gasteiger partial charge in [-0.2, -0.15) is 15.2 Å². The number of nitriles is 1. The Kier molecular flexibility index (Phi) is 5.87. The van der Waals surface area contributed by atoms with E-state index in [0.717, 1.165) is 0 Å². The summed E-state index contributed by atoms with van der Waals surface area (Å²) in [4.78, 5) is 24.7. The maximum Gasteiger partial charge on any atom is 0.361 e. The summed E-state index contributed by atoms with van der Waals surface area (Å²) in [6.07, 6.45) is 0.187. The van der Waals surface area contributed by atoms with Crippen molar-refractivity contribution in [3.8, 4) is 11.8 Å². The van der Waals surface area contributed by atoms with Crippen molar-refractivity contribution in [1.82, 2.24) is 20.3 Å².